The average molecular weight is 590 g/mol. The molecule has 222 valence electrons. The fourth-order valence-corrected chi connectivity index (χ4v) is 5.79. The second-order valence-electron chi connectivity index (χ2n) is 10.4. The topological polar surface area (TPSA) is 117 Å². The number of hydrogen-bond acceptors (Lipinski definition) is 8. The van der Waals surface area contributed by atoms with Crippen molar-refractivity contribution in [1.82, 2.24) is 10.2 Å². The van der Waals surface area contributed by atoms with Crippen LogP contribution in [0.4, 0.5) is 10.7 Å². The Morgan fingerprint density at radius 3 is 2.45 bits per heavy atom. The van der Waals surface area contributed by atoms with E-state index in [-0.39, 0.29) is 30.2 Å². The van der Waals surface area contributed by atoms with Gasteiger partial charge in [0.05, 0.1) is 23.8 Å². The van der Waals surface area contributed by atoms with Crippen LogP contribution in [-0.4, -0.2) is 47.1 Å². The number of nitrogens with two attached hydrogens (primary N) is 1. The van der Waals surface area contributed by atoms with Crippen molar-refractivity contribution < 1.29 is 19.1 Å². The van der Waals surface area contributed by atoms with Crippen LogP contribution in [0.2, 0.25) is 0 Å². The number of amides is 2. The number of benzene rings is 2. The van der Waals surface area contributed by atoms with Gasteiger partial charge in [-0.25, -0.2) is 4.79 Å². The van der Waals surface area contributed by atoms with Crippen molar-refractivity contribution in [3.05, 3.63) is 82.2 Å². The number of ether oxygens (including phenoxy) is 1. The van der Waals surface area contributed by atoms with E-state index >= 15 is 0 Å². The summed E-state index contributed by atoms with van der Waals surface area (Å²) < 4.78 is 5.23. The number of carbonyl (C=O) groups is 3. The minimum Gasteiger partial charge on any atom is -0.461 e. The van der Waals surface area contributed by atoms with Crippen LogP contribution >= 0.6 is 11.3 Å². The molecule has 0 fully saturated rings. The van der Waals surface area contributed by atoms with Crippen LogP contribution in [0.5, 0.6) is 0 Å². The van der Waals surface area contributed by atoms with Crippen molar-refractivity contribution in [2.24, 2.45) is 5.10 Å². The Hall–Kier alpha value is -4.18. The highest BCUT2D eigenvalue weighted by molar-refractivity contribution is 7.14. The van der Waals surface area contributed by atoms with Crippen molar-refractivity contribution >= 4 is 45.5 Å². The van der Waals surface area contributed by atoms with Gasteiger partial charge in [-0.05, 0) is 57.0 Å². The van der Waals surface area contributed by atoms with E-state index in [4.69, 9.17) is 10.5 Å². The van der Waals surface area contributed by atoms with E-state index in [9.17, 15) is 14.4 Å². The largest absolute Gasteiger partial charge is 0.461 e. The van der Waals surface area contributed by atoms with Crippen molar-refractivity contribution in [3.63, 3.8) is 0 Å². The Balaban J connectivity index is 1.56. The van der Waals surface area contributed by atoms with Gasteiger partial charge in [0, 0.05) is 34.7 Å². The van der Waals surface area contributed by atoms with Crippen molar-refractivity contribution in [2.45, 2.75) is 72.1 Å². The number of unbranched alkanes of at least 4 members (excludes halogenated alkanes) is 1. The first-order valence-corrected chi connectivity index (χ1v) is 15.3. The molecule has 0 aliphatic carbocycles. The van der Waals surface area contributed by atoms with E-state index in [1.54, 1.807) is 41.1 Å². The zero-order chi connectivity index (χ0) is 30.2. The van der Waals surface area contributed by atoms with Crippen LogP contribution in [0.15, 0.2) is 65.1 Å². The third-order valence-corrected chi connectivity index (χ3v) is 8.01. The van der Waals surface area contributed by atoms with Crippen LogP contribution in [-0.2, 0) is 27.4 Å². The second-order valence-corrected chi connectivity index (χ2v) is 11.3. The maximum Gasteiger partial charge on any atom is 0.359 e. The first kappa shape index (κ1) is 30.8. The summed E-state index contributed by atoms with van der Waals surface area (Å²) in [5.41, 5.74) is 10.1. The second kappa shape index (κ2) is 14.1. The van der Waals surface area contributed by atoms with Gasteiger partial charge < -0.3 is 20.7 Å². The molecule has 0 saturated heterocycles. The molecule has 0 radical (unpaired) electrons. The minimum absolute atomic E-state index is 0.163. The fourth-order valence-electron chi connectivity index (χ4n) is 4.98. The number of nitrogen functional groups attached to an aromatic ring is 1. The van der Waals surface area contributed by atoms with E-state index in [0.717, 1.165) is 24.0 Å². The number of anilines is 2. The van der Waals surface area contributed by atoms with Gasteiger partial charge in [-0.15, -0.1) is 11.3 Å². The summed E-state index contributed by atoms with van der Waals surface area (Å²) in [6, 6.07) is 16.0. The van der Waals surface area contributed by atoms with Gasteiger partial charge in [-0.1, -0.05) is 50.1 Å². The molecule has 10 heteroatoms. The molecule has 1 unspecified atom stereocenters. The first-order valence-electron chi connectivity index (χ1n) is 14.4. The van der Waals surface area contributed by atoms with Crippen LogP contribution in [0.3, 0.4) is 0 Å². The molecular weight excluding hydrogens is 550 g/mol. The monoisotopic (exact) mass is 589 g/mol. The third kappa shape index (κ3) is 6.99. The van der Waals surface area contributed by atoms with E-state index in [2.05, 4.69) is 17.3 Å². The minimum atomic E-state index is -0.598. The molecular formula is C32H39N5O4S. The quantitative estimate of drug-likeness (QED) is 0.275. The Bertz CT molecular complexity index is 1420. The van der Waals surface area contributed by atoms with Gasteiger partial charge in [0.2, 0.25) is 5.91 Å². The summed E-state index contributed by atoms with van der Waals surface area (Å²) in [6.07, 6.45) is 2.31. The molecule has 1 aliphatic heterocycles. The maximum absolute atomic E-state index is 13.9. The number of nitrogens with one attached hydrogen (secondary N) is 1. The lowest BCUT2D eigenvalue weighted by molar-refractivity contribution is -0.135. The molecule has 3 N–H and O–H groups in total. The van der Waals surface area contributed by atoms with Gasteiger partial charge >= 0.3 is 5.97 Å². The molecule has 2 amide bonds. The SMILES string of the molecule is CCCCC(C(=O)NCc1ccccc1)N(C(=O)c1ccc(N2Cc3c(csc3N)C(C(=O)OCC)=N2)cc1)C(C)C. The van der Waals surface area contributed by atoms with Gasteiger partial charge in [0.1, 0.15) is 6.04 Å². The number of hydrazone groups is 1. The molecule has 3 aromatic rings. The Labute approximate surface area is 251 Å². The number of carbonyl (C=O) groups excluding carboxylic acids is 3. The predicted molar refractivity (Wildman–Crippen MR) is 167 cm³/mol. The van der Waals surface area contributed by atoms with E-state index in [0.29, 0.717) is 41.3 Å². The smallest absolute Gasteiger partial charge is 0.359 e. The summed E-state index contributed by atoms with van der Waals surface area (Å²) in [4.78, 5) is 41.6. The highest BCUT2D eigenvalue weighted by Crippen LogP contribution is 2.33. The Morgan fingerprint density at radius 1 is 1.10 bits per heavy atom. The van der Waals surface area contributed by atoms with Gasteiger partial charge in [0.25, 0.3) is 5.91 Å². The molecule has 0 spiro atoms. The van der Waals surface area contributed by atoms with Crippen LogP contribution < -0.4 is 16.1 Å². The third-order valence-electron chi connectivity index (χ3n) is 7.16. The molecule has 4 rings (SSSR count). The first-order chi connectivity index (χ1) is 20.2. The predicted octanol–water partition coefficient (Wildman–Crippen LogP) is 5.34. The van der Waals surface area contributed by atoms with E-state index < -0.39 is 12.0 Å². The molecule has 0 bridgehead atoms. The van der Waals surface area contributed by atoms with Crippen LogP contribution in [0.1, 0.15) is 74.0 Å². The lowest BCUT2D eigenvalue weighted by Crippen LogP contribution is -2.52. The number of fused-ring (bicyclic) bond motifs is 1. The molecule has 1 atom stereocenters. The molecule has 0 saturated carbocycles. The van der Waals surface area contributed by atoms with Crippen LogP contribution in [0.25, 0.3) is 0 Å². The lowest BCUT2D eigenvalue weighted by atomic mass is 10.0. The summed E-state index contributed by atoms with van der Waals surface area (Å²) in [5.74, 6) is -0.889. The summed E-state index contributed by atoms with van der Waals surface area (Å²) in [5, 5.41) is 11.7. The molecule has 9 nitrogen and oxygen atoms in total. The zero-order valence-corrected chi connectivity index (χ0v) is 25.4. The lowest BCUT2D eigenvalue weighted by Gasteiger charge is -2.34. The summed E-state index contributed by atoms with van der Waals surface area (Å²) in [7, 11) is 0. The molecule has 42 heavy (non-hydrogen) atoms. The Kier molecular flexibility index (Phi) is 10.4. The normalized spacial score (nSPS) is 13.3. The van der Waals surface area contributed by atoms with Gasteiger partial charge in [-0.3, -0.25) is 14.6 Å². The number of esters is 1. The molecule has 1 aliphatic rings. The van der Waals surface area contributed by atoms with Crippen molar-refractivity contribution in [3.8, 4) is 0 Å². The van der Waals surface area contributed by atoms with E-state index in [1.807, 2.05) is 49.6 Å². The maximum atomic E-state index is 13.9. The zero-order valence-electron chi connectivity index (χ0n) is 24.6. The number of hydrogen-bond donors (Lipinski definition) is 2. The van der Waals surface area contributed by atoms with Crippen molar-refractivity contribution in [1.29, 1.82) is 0 Å². The summed E-state index contributed by atoms with van der Waals surface area (Å²) in [6.45, 7) is 8.70. The highest BCUT2D eigenvalue weighted by atomic mass is 32.1. The van der Waals surface area contributed by atoms with E-state index in [1.165, 1.54) is 11.3 Å². The Morgan fingerprint density at radius 2 is 1.81 bits per heavy atom. The number of thiophene rings is 1. The average Bonchev–Trinajstić information content (AvgIpc) is 3.38. The fraction of sp³-hybridized carbons (Fsp3) is 0.375. The number of nitrogens with zero attached hydrogens (tertiary/aromatic N) is 3. The standard InChI is InChI=1S/C32H39N5O4S/c1-5-7-13-27(30(38)34-18-22-11-9-8-10-12-22)37(21(3)4)31(39)23-14-16-24(17-15-23)36-19-25-26(20-42-29(25)33)28(35-36)32(40)41-6-2/h8-12,14-17,20-21,27H,5-7,13,18-19,33H2,1-4H3,(H,34,38). The highest BCUT2D eigenvalue weighted by Gasteiger charge is 2.33. The summed E-state index contributed by atoms with van der Waals surface area (Å²) >= 11 is 1.36. The molecule has 2 aromatic carbocycles. The van der Waals surface area contributed by atoms with Crippen molar-refractivity contribution in [2.75, 3.05) is 17.3 Å². The van der Waals surface area contributed by atoms with Crippen LogP contribution in [0, 0.1) is 0 Å². The van der Waals surface area contributed by atoms with Gasteiger partial charge in [0.15, 0.2) is 5.71 Å². The molecule has 2 heterocycles. The molecule has 1 aromatic heterocycles. The van der Waals surface area contributed by atoms with Gasteiger partial charge in [-0.2, -0.15) is 5.10 Å². The number of rotatable bonds is 12.